The van der Waals surface area contributed by atoms with E-state index in [9.17, 15) is 4.79 Å². The topological polar surface area (TPSA) is 71.7 Å². The van der Waals surface area contributed by atoms with Crippen LogP contribution in [0.15, 0.2) is 39.7 Å². The Morgan fingerprint density at radius 1 is 1.19 bits per heavy atom. The first-order valence-corrected chi connectivity index (χ1v) is 11.6. The largest absolute Gasteiger partial charge is 0.497 e. The number of aryl methyl sites for hydroxylation is 1. The Morgan fingerprint density at radius 3 is 2.81 bits per heavy atom. The standard InChI is InChI=1S/C25H30N4O3/c1-3-17-14-19(31-2)15-21-22(17)25(30)32-24(27-21)20-8-7-10-26-23(20)29-13-9-18(16-29)28-11-5-4-6-12-28/h7-8,10,14-15,18H,3-6,9,11-13,16H2,1-2H3/t18-/m1/s1. The molecule has 0 aliphatic carbocycles. The third-order valence-electron chi connectivity index (χ3n) is 6.79. The maximum atomic E-state index is 13.0. The van der Waals surface area contributed by atoms with Gasteiger partial charge in [-0.2, -0.15) is 0 Å². The number of ether oxygens (including phenoxy) is 1. The van der Waals surface area contributed by atoms with E-state index < -0.39 is 0 Å². The zero-order valence-corrected chi connectivity index (χ0v) is 18.8. The maximum Gasteiger partial charge on any atom is 0.347 e. The molecule has 1 aromatic carbocycles. The summed E-state index contributed by atoms with van der Waals surface area (Å²) in [5.74, 6) is 1.83. The van der Waals surface area contributed by atoms with Crippen LogP contribution in [0.3, 0.4) is 0 Å². The van der Waals surface area contributed by atoms with E-state index in [1.165, 1.54) is 32.4 Å². The number of rotatable bonds is 5. The van der Waals surface area contributed by atoms with Crippen LogP contribution in [0.5, 0.6) is 5.75 Å². The van der Waals surface area contributed by atoms with E-state index >= 15 is 0 Å². The van der Waals surface area contributed by atoms with Crippen LogP contribution in [0.1, 0.15) is 38.2 Å². The van der Waals surface area contributed by atoms with Gasteiger partial charge >= 0.3 is 5.63 Å². The monoisotopic (exact) mass is 434 g/mol. The van der Waals surface area contributed by atoms with Gasteiger partial charge in [-0.15, -0.1) is 0 Å². The van der Waals surface area contributed by atoms with E-state index in [0.29, 0.717) is 35.0 Å². The van der Waals surface area contributed by atoms with Gasteiger partial charge in [0, 0.05) is 31.4 Å². The fourth-order valence-corrected chi connectivity index (χ4v) is 5.10. The summed E-state index contributed by atoms with van der Waals surface area (Å²) in [5, 5.41) is 0.522. The molecule has 7 nitrogen and oxygen atoms in total. The predicted molar refractivity (Wildman–Crippen MR) is 125 cm³/mol. The molecule has 2 saturated heterocycles. The highest BCUT2D eigenvalue weighted by Gasteiger charge is 2.31. The molecule has 0 radical (unpaired) electrons. The quantitative estimate of drug-likeness (QED) is 0.603. The lowest BCUT2D eigenvalue weighted by molar-refractivity contribution is 0.175. The molecular weight excluding hydrogens is 404 g/mol. The lowest BCUT2D eigenvalue weighted by Crippen LogP contribution is -2.41. The van der Waals surface area contributed by atoms with Crippen LogP contribution >= 0.6 is 0 Å². The summed E-state index contributed by atoms with van der Waals surface area (Å²) in [6, 6.07) is 8.03. The Bertz CT molecular complexity index is 1170. The van der Waals surface area contributed by atoms with Gasteiger partial charge in [-0.3, -0.25) is 4.90 Å². The smallest absolute Gasteiger partial charge is 0.347 e. The second kappa shape index (κ2) is 8.90. The van der Waals surface area contributed by atoms with Gasteiger partial charge in [0.15, 0.2) is 0 Å². The summed E-state index contributed by atoms with van der Waals surface area (Å²) < 4.78 is 11.2. The summed E-state index contributed by atoms with van der Waals surface area (Å²) in [5.41, 5.74) is 1.86. The summed E-state index contributed by atoms with van der Waals surface area (Å²) in [4.78, 5) is 27.3. The molecule has 0 amide bonds. The summed E-state index contributed by atoms with van der Waals surface area (Å²) in [6.45, 7) is 6.27. The van der Waals surface area contributed by atoms with Crippen LogP contribution in [0.4, 0.5) is 5.82 Å². The molecule has 0 saturated carbocycles. The van der Waals surface area contributed by atoms with Crippen molar-refractivity contribution in [2.75, 3.05) is 38.2 Å². The molecule has 1 atom stereocenters. The SMILES string of the molecule is CCc1cc(OC)cc2nc(-c3cccnc3N3CC[C@@H](N4CCCCC4)C3)oc(=O)c12. The minimum absolute atomic E-state index is 0.308. The molecule has 7 heteroatoms. The van der Waals surface area contributed by atoms with Crippen molar-refractivity contribution in [1.82, 2.24) is 14.9 Å². The van der Waals surface area contributed by atoms with Gasteiger partial charge in [0.25, 0.3) is 0 Å². The molecule has 4 heterocycles. The van der Waals surface area contributed by atoms with Gasteiger partial charge in [0.05, 0.1) is 23.6 Å². The third kappa shape index (κ3) is 3.86. The first-order chi connectivity index (χ1) is 15.7. The first-order valence-electron chi connectivity index (χ1n) is 11.6. The van der Waals surface area contributed by atoms with E-state index in [2.05, 4.69) is 14.8 Å². The maximum absolute atomic E-state index is 13.0. The number of methoxy groups -OCH3 is 1. The molecule has 0 bridgehead atoms. The molecule has 0 unspecified atom stereocenters. The molecule has 2 aliphatic rings. The number of pyridine rings is 1. The number of likely N-dealkylation sites (tertiary alicyclic amines) is 1. The van der Waals surface area contributed by atoms with E-state index in [4.69, 9.17) is 14.1 Å². The number of anilines is 1. The first kappa shape index (κ1) is 20.9. The molecular formula is C25H30N4O3. The molecule has 5 rings (SSSR count). The lowest BCUT2D eigenvalue weighted by atomic mass is 10.1. The Labute approximate surface area is 188 Å². The van der Waals surface area contributed by atoms with Gasteiger partial charge in [0.1, 0.15) is 11.6 Å². The van der Waals surface area contributed by atoms with Crippen molar-refractivity contribution >= 4 is 16.7 Å². The van der Waals surface area contributed by atoms with Gasteiger partial charge in [0.2, 0.25) is 5.89 Å². The fraction of sp³-hybridized carbons (Fsp3) is 0.480. The summed E-state index contributed by atoms with van der Waals surface area (Å²) in [6.07, 6.45) is 7.55. The Kier molecular flexibility index (Phi) is 5.83. The molecule has 32 heavy (non-hydrogen) atoms. The lowest BCUT2D eigenvalue weighted by Gasteiger charge is -2.32. The Balaban J connectivity index is 1.52. The predicted octanol–water partition coefficient (Wildman–Crippen LogP) is 3.89. The van der Waals surface area contributed by atoms with Crippen LogP contribution in [0.2, 0.25) is 0 Å². The van der Waals surface area contributed by atoms with Gasteiger partial charge in [-0.05, 0) is 62.5 Å². The number of hydrogen-bond acceptors (Lipinski definition) is 7. The third-order valence-corrected chi connectivity index (χ3v) is 6.79. The zero-order chi connectivity index (χ0) is 22.1. The average Bonchev–Trinajstić information content (AvgIpc) is 3.34. The number of piperidine rings is 1. The molecule has 2 aromatic heterocycles. The van der Waals surface area contributed by atoms with Crippen LogP contribution in [0, 0.1) is 0 Å². The van der Waals surface area contributed by atoms with Crippen molar-refractivity contribution in [3.05, 3.63) is 46.4 Å². The molecule has 2 aliphatic heterocycles. The van der Waals surface area contributed by atoms with Crippen molar-refractivity contribution < 1.29 is 9.15 Å². The number of hydrogen-bond donors (Lipinski definition) is 0. The van der Waals surface area contributed by atoms with Crippen LogP contribution < -0.4 is 15.3 Å². The van der Waals surface area contributed by atoms with Crippen molar-refractivity contribution in [1.29, 1.82) is 0 Å². The van der Waals surface area contributed by atoms with E-state index in [1.807, 2.05) is 25.1 Å². The molecule has 2 fully saturated rings. The van der Waals surface area contributed by atoms with Crippen molar-refractivity contribution in [2.45, 2.75) is 45.1 Å². The molecule has 0 spiro atoms. The van der Waals surface area contributed by atoms with Crippen LogP contribution in [-0.2, 0) is 6.42 Å². The van der Waals surface area contributed by atoms with Gasteiger partial charge in [-0.1, -0.05) is 13.3 Å². The molecule has 3 aromatic rings. The van der Waals surface area contributed by atoms with Crippen molar-refractivity contribution in [3.63, 3.8) is 0 Å². The number of aromatic nitrogens is 2. The van der Waals surface area contributed by atoms with E-state index in [0.717, 1.165) is 36.5 Å². The Hall–Kier alpha value is -2.93. The van der Waals surface area contributed by atoms with Gasteiger partial charge in [-0.25, -0.2) is 14.8 Å². The summed E-state index contributed by atoms with van der Waals surface area (Å²) >= 11 is 0. The Morgan fingerprint density at radius 2 is 2.03 bits per heavy atom. The minimum Gasteiger partial charge on any atom is -0.497 e. The van der Waals surface area contributed by atoms with Crippen LogP contribution in [0.25, 0.3) is 22.4 Å². The highest BCUT2D eigenvalue weighted by Crippen LogP contribution is 2.32. The highest BCUT2D eigenvalue weighted by molar-refractivity contribution is 5.84. The van der Waals surface area contributed by atoms with Crippen molar-refractivity contribution in [3.8, 4) is 17.2 Å². The van der Waals surface area contributed by atoms with E-state index in [-0.39, 0.29) is 5.63 Å². The average molecular weight is 435 g/mol. The number of fused-ring (bicyclic) bond motifs is 1. The molecule has 168 valence electrons. The van der Waals surface area contributed by atoms with Crippen molar-refractivity contribution in [2.24, 2.45) is 0 Å². The fourth-order valence-electron chi connectivity index (χ4n) is 5.10. The number of benzene rings is 1. The minimum atomic E-state index is -0.369. The molecule has 0 N–H and O–H groups in total. The second-order valence-corrected chi connectivity index (χ2v) is 8.70. The van der Waals surface area contributed by atoms with Gasteiger partial charge < -0.3 is 14.1 Å². The van der Waals surface area contributed by atoms with E-state index in [1.54, 1.807) is 19.4 Å². The zero-order valence-electron chi connectivity index (χ0n) is 18.8. The normalized spacial score (nSPS) is 19.6. The number of nitrogens with zero attached hydrogens (tertiary/aromatic N) is 4. The highest BCUT2D eigenvalue weighted by atomic mass is 16.5. The summed E-state index contributed by atoms with van der Waals surface area (Å²) in [7, 11) is 1.62. The second-order valence-electron chi connectivity index (χ2n) is 8.70. The van der Waals surface area contributed by atoms with Crippen LogP contribution in [-0.4, -0.2) is 54.2 Å².